The van der Waals surface area contributed by atoms with Crippen LogP contribution in [0.15, 0.2) is 55.0 Å². The van der Waals surface area contributed by atoms with Gasteiger partial charge in [-0.25, -0.2) is 9.37 Å². The van der Waals surface area contributed by atoms with Crippen molar-refractivity contribution >= 4 is 5.91 Å². The average Bonchev–Trinajstić information content (AvgIpc) is 3.15. The number of nitrogens with two attached hydrogens (primary N) is 1. The van der Waals surface area contributed by atoms with Crippen LogP contribution in [-0.4, -0.2) is 15.9 Å². The van der Waals surface area contributed by atoms with Crippen LogP contribution >= 0.6 is 0 Å². The van der Waals surface area contributed by atoms with Crippen molar-refractivity contribution < 1.29 is 9.18 Å². The van der Waals surface area contributed by atoms with E-state index in [0.29, 0.717) is 17.8 Å². The van der Waals surface area contributed by atoms with Crippen molar-refractivity contribution in [2.45, 2.75) is 13.1 Å². The molecule has 0 bridgehead atoms. The van der Waals surface area contributed by atoms with Crippen LogP contribution in [0.5, 0.6) is 0 Å². The molecule has 6 heteroatoms. The lowest BCUT2D eigenvalue weighted by molar-refractivity contribution is 0.0946. The number of nitrogens with one attached hydrogen (secondary N) is 2. The summed E-state index contributed by atoms with van der Waals surface area (Å²) in [5, 5.41) is 2.80. The third-order valence-electron chi connectivity index (χ3n) is 3.76. The lowest BCUT2D eigenvalue weighted by Gasteiger charge is -2.07. The maximum atomic E-state index is 13.8. The molecule has 24 heavy (non-hydrogen) atoms. The number of rotatable bonds is 5. The number of benzene rings is 2. The summed E-state index contributed by atoms with van der Waals surface area (Å²) >= 11 is 0. The van der Waals surface area contributed by atoms with Crippen LogP contribution in [0, 0.1) is 5.82 Å². The van der Waals surface area contributed by atoms with Gasteiger partial charge in [-0.1, -0.05) is 36.4 Å². The zero-order valence-corrected chi connectivity index (χ0v) is 12.9. The van der Waals surface area contributed by atoms with Gasteiger partial charge in [0.1, 0.15) is 11.5 Å². The number of carbonyl (C=O) groups is 1. The first-order chi connectivity index (χ1) is 11.7. The van der Waals surface area contributed by atoms with Crippen LogP contribution < -0.4 is 11.1 Å². The van der Waals surface area contributed by atoms with Gasteiger partial charge in [-0.15, -0.1) is 0 Å². The topological polar surface area (TPSA) is 83.8 Å². The number of imidazole rings is 1. The Labute approximate surface area is 138 Å². The number of hydrogen-bond acceptors (Lipinski definition) is 3. The van der Waals surface area contributed by atoms with Gasteiger partial charge in [0, 0.05) is 18.7 Å². The highest BCUT2D eigenvalue weighted by molar-refractivity contribution is 5.91. The summed E-state index contributed by atoms with van der Waals surface area (Å²) in [4.78, 5) is 18.4. The first-order valence-electron chi connectivity index (χ1n) is 7.52. The molecule has 0 aliphatic heterocycles. The molecule has 0 fully saturated rings. The van der Waals surface area contributed by atoms with Gasteiger partial charge in [-0.2, -0.15) is 0 Å². The number of nitrogens with zero attached hydrogens (tertiary/aromatic N) is 1. The van der Waals surface area contributed by atoms with Crippen LogP contribution in [0.4, 0.5) is 4.39 Å². The first-order valence-corrected chi connectivity index (χ1v) is 7.52. The molecular formula is C18H17FN4O. The predicted octanol–water partition coefficient (Wildman–Crippen LogP) is 2.60. The summed E-state index contributed by atoms with van der Waals surface area (Å²) in [6, 6.07) is 12.6. The van der Waals surface area contributed by atoms with E-state index in [1.807, 2.05) is 30.3 Å². The van der Waals surface area contributed by atoms with Gasteiger partial charge in [0.15, 0.2) is 0 Å². The fraction of sp³-hybridized carbons (Fsp3) is 0.111. The zero-order valence-electron chi connectivity index (χ0n) is 12.9. The highest BCUT2D eigenvalue weighted by Crippen LogP contribution is 2.22. The standard InChI is InChI=1S/C18H17FN4O/c19-16-7-14(5-6-15(16)8-20)13-3-1-12(2-4-13)9-22-18(24)17-10-21-11-23-17/h1-7,10-11H,8-9,20H2,(H,21,23)(H,22,24). The largest absolute Gasteiger partial charge is 0.347 e. The van der Waals surface area contributed by atoms with Crippen molar-refractivity contribution in [1.29, 1.82) is 0 Å². The Kier molecular flexibility index (Phi) is 4.67. The fourth-order valence-corrected chi connectivity index (χ4v) is 2.37. The molecule has 3 aromatic rings. The lowest BCUT2D eigenvalue weighted by Crippen LogP contribution is -2.22. The maximum Gasteiger partial charge on any atom is 0.269 e. The van der Waals surface area contributed by atoms with Crippen LogP contribution in [0.2, 0.25) is 0 Å². The predicted molar refractivity (Wildman–Crippen MR) is 89.5 cm³/mol. The molecule has 0 atom stereocenters. The van der Waals surface area contributed by atoms with E-state index >= 15 is 0 Å². The third-order valence-corrected chi connectivity index (χ3v) is 3.76. The molecule has 1 aromatic heterocycles. The number of H-pyrrole nitrogens is 1. The van der Waals surface area contributed by atoms with Gasteiger partial charge < -0.3 is 16.0 Å². The molecule has 1 heterocycles. The molecule has 0 aliphatic carbocycles. The Morgan fingerprint density at radius 3 is 2.54 bits per heavy atom. The Bertz CT molecular complexity index is 829. The van der Waals surface area contributed by atoms with Gasteiger partial charge in [-0.3, -0.25) is 4.79 Å². The number of aromatic amines is 1. The Hall–Kier alpha value is -2.99. The van der Waals surface area contributed by atoms with Crippen molar-refractivity contribution in [3.63, 3.8) is 0 Å². The van der Waals surface area contributed by atoms with Crippen LogP contribution in [0.25, 0.3) is 11.1 Å². The molecular weight excluding hydrogens is 307 g/mol. The fourth-order valence-electron chi connectivity index (χ4n) is 2.37. The molecule has 0 unspecified atom stereocenters. The highest BCUT2D eigenvalue weighted by atomic mass is 19.1. The SMILES string of the molecule is NCc1ccc(-c2ccc(CNC(=O)c3cnc[nH]3)cc2)cc1F. The maximum absolute atomic E-state index is 13.8. The number of amides is 1. The van der Waals surface area contributed by atoms with E-state index in [0.717, 1.165) is 16.7 Å². The molecule has 2 aromatic carbocycles. The molecule has 0 spiro atoms. The quantitative estimate of drug-likeness (QED) is 0.674. The van der Waals surface area contributed by atoms with Gasteiger partial charge in [0.05, 0.1) is 12.5 Å². The number of halogens is 1. The van der Waals surface area contributed by atoms with E-state index in [1.165, 1.54) is 18.6 Å². The van der Waals surface area contributed by atoms with E-state index in [-0.39, 0.29) is 18.3 Å². The normalized spacial score (nSPS) is 10.6. The second kappa shape index (κ2) is 7.06. The summed E-state index contributed by atoms with van der Waals surface area (Å²) in [6.45, 7) is 0.583. The van der Waals surface area contributed by atoms with E-state index in [4.69, 9.17) is 5.73 Å². The van der Waals surface area contributed by atoms with Gasteiger partial charge >= 0.3 is 0 Å². The molecule has 0 radical (unpaired) electrons. The summed E-state index contributed by atoms with van der Waals surface area (Å²) in [7, 11) is 0. The molecule has 122 valence electrons. The molecule has 3 rings (SSSR count). The van der Waals surface area contributed by atoms with E-state index in [2.05, 4.69) is 15.3 Å². The van der Waals surface area contributed by atoms with Crippen molar-refractivity contribution in [2.75, 3.05) is 0 Å². The smallest absolute Gasteiger partial charge is 0.269 e. The zero-order chi connectivity index (χ0) is 16.9. The second-order valence-corrected chi connectivity index (χ2v) is 5.36. The van der Waals surface area contributed by atoms with E-state index in [9.17, 15) is 9.18 Å². The summed E-state index contributed by atoms with van der Waals surface area (Å²) in [5.74, 6) is -0.512. The first kappa shape index (κ1) is 15.9. The molecule has 0 saturated heterocycles. The Morgan fingerprint density at radius 1 is 1.17 bits per heavy atom. The Balaban J connectivity index is 1.67. The second-order valence-electron chi connectivity index (χ2n) is 5.36. The van der Waals surface area contributed by atoms with Gasteiger partial charge in [-0.05, 0) is 22.8 Å². The number of aromatic nitrogens is 2. The van der Waals surface area contributed by atoms with Crippen molar-refractivity contribution in [3.05, 3.63) is 77.6 Å². The average molecular weight is 324 g/mol. The highest BCUT2D eigenvalue weighted by Gasteiger charge is 2.07. The molecule has 4 N–H and O–H groups in total. The minimum atomic E-state index is -0.300. The van der Waals surface area contributed by atoms with Crippen LogP contribution in [-0.2, 0) is 13.1 Å². The summed E-state index contributed by atoms with van der Waals surface area (Å²) in [5.41, 5.74) is 9.03. The van der Waals surface area contributed by atoms with Crippen LogP contribution in [0.3, 0.4) is 0 Å². The van der Waals surface area contributed by atoms with Crippen molar-refractivity contribution in [3.8, 4) is 11.1 Å². The molecule has 5 nitrogen and oxygen atoms in total. The summed E-state index contributed by atoms with van der Waals surface area (Å²) < 4.78 is 13.8. The number of carbonyl (C=O) groups excluding carboxylic acids is 1. The minimum absolute atomic E-state index is 0.182. The molecule has 1 amide bonds. The van der Waals surface area contributed by atoms with Crippen molar-refractivity contribution in [1.82, 2.24) is 15.3 Å². The lowest BCUT2D eigenvalue weighted by atomic mass is 10.0. The third kappa shape index (κ3) is 3.49. The minimum Gasteiger partial charge on any atom is -0.347 e. The monoisotopic (exact) mass is 324 g/mol. The molecule has 0 saturated carbocycles. The summed E-state index contributed by atoms with van der Waals surface area (Å²) in [6.07, 6.45) is 2.93. The Morgan fingerprint density at radius 2 is 1.92 bits per heavy atom. The van der Waals surface area contributed by atoms with Crippen LogP contribution in [0.1, 0.15) is 21.6 Å². The van der Waals surface area contributed by atoms with E-state index < -0.39 is 0 Å². The van der Waals surface area contributed by atoms with Gasteiger partial charge in [0.25, 0.3) is 5.91 Å². The number of hydrogen-bond donors (Lipinski definition) is 3. The van der Waals surface area contributed by atoms with E-state index in [1.54, 1.807) is 6.07 Å². The molecule has 0 aliphatic rings. The van der Waals surface area contributed by atoms with Crippen molar-refractivity contribution in [2.24, 2.45) is 5.73 Å². The van der Waals surface area contributed by atoms with Gasteiger partial charge in [0.2, 0.25) is 0 Å².